The second-order valence-corrected chi connectivity index (χ2v) is 7.58. The summed E-state index contributed by atoms with van der Waals surface area (Å²) >= 11 is 0. The highest BCUT2D eigenvalue weighted by Gasteiger charge is 2.24. The lowest BCUT2D eigenvalue weighted by atomic mass is 10.1. The van der Waals surface area contributed by atoms with Gasteiger partial charge in [0.05, 0.1) is 13.7 Å². The summed E-state index contributed by atoms with van der Waals surface area (Å²) in [6.45, 7) is 4.20. The Morgan fingerprint density at radius 2 is 1.87 bits per heavy atom. The molecule has 0 spiro atoms. The summed E-state index contributed by atoms with van der Waals surface area (Å²) < 4.78 is 10.3. The molecule has 0 aromatic heterocycles. The Balaban J connectivity index is 1.89. The number of hydrogen-bond donors (Lipinski definition) is 2. The van der Waals surface area contributed by atoms with Crippen LogP contribution in [0.1, 0.15) is 25.3 Å². The van der Waals surface area contributed by atoms with Crippen molar-refractivity contribution in [3.63, 3.8) is 0 Å². The van der Waals surface area contributed by atoms with Crippen LogP contribution in [0.4, 0.5) is 4.79 Å². The van der Waals surface area contributed by atoms with Crippen molar-refractivity contribution >= 4 is 18.0 Å². The number of nitrogens with one attached hydrogen (secondary N) is 2. The van der Waals surface area contributed by atoms with E-state index >= 15 is 0 Å². The Morgan fingerprint density at radius 3 is 2.45 bits per heavy atom. The van der Waals surface area contributed by atoms with Gasteiger partial charge >= 0.3 is 6.09 Å². The van der Waals surface area contributed by atoms with Gasteiger partial charge in [0.15, 0.2) is 5.96 Å². The molecule has 172 valence electrons. The van der Waals surface area contributed by atoms with E-state index < -0.39 is 0 Å². The average Bonchev–Trinajstić information content (AvgIpc) is 2.78. The summed E-state index contributed by atoms with van der Waals surface area (Å²) in [5, 5.41) is 6.74. The molecule has 0 atom stereocenters. The van der Waals surface area contributed by atoms with Crippen molar-refractivity contribution in [2.75, 3.05) is 54.0 Å². The Morgan fingerprint density at radius 1 is 1.19 bits per heavy atom. The second-order valence-electron chi connectivity index (χ2n) is 7.58. The Kier molecular flexibility index (Phi) is 9.93. The summed E-state index contributed by atoms with van der Waals surface area (Å²) in [5.41, 5.74) is 1.18. The zero-order valence-electron chi connectivity index (χ0n) is 19.0. The van der Waals surface area contributed by atoms with E-state index in [1.807, 2.05) is 31.2 Å². The fourth-order valence-electron chi connectivity index (χ4n) is 3.17. The molecule has 0 radical (unpaired) electrons. The van der Waals surface area contributed by atoms with Crippen LogP contribution in [0.5, 0.6) is 5.75 Å². The lowest BCUT2D eigenvalue weighted by Crippen LogP contribution is -2.50. The topological polar surface area (TPSA) is 95.5 Å². The van der Waals surface area contributed by atoms with Gasteiger partial charge in [-0.25, -0.2) is 9.79 Å². The van der Waals surface area contributed by atoms with Crippen molar-refractivity contribution in [2.45, 2.75) is 32.2 Å². The van der Waals surface area contributed by atoms with Crippen LogP contribution >= 0.6 is 0 Å². The molecular weight excluding hydrogens is 398 g/mol. The van der Waals surface area contributed by atoms with Crippen molar-refractivity contribution in [2.24, 2.45) is 4.99 Å². The molecule has 0 unspecified atom stereocenters. The first-order valence-electron chi connectivity index (χ1n) is 10.7. The molecule has 9 heteroatoms. The zero-order chi connectivity index (χ0) is 22.6. The summed E-state index contributed by atoms with van der Waals surface area (Å²) in [5.74, 6) is 1.38. The van der Waals surface area contributed by atoms with Gasteiger partial charge in [-0.05, 0) is 43.9 Å². The minimum atomic E-state index is -0.260. The number of carbonyl (C=O) groups is 2. The van der Waals surface area contributed by atoms with Crippen molar-refractivity contribution in [1.82, 2.24) is 20.4 Å². The van der Waals surface area contributed by atoms with E-state index in [1.54, 1.807) is 26.1 Å². The molecule has 9 nitrogen and oxygen atoms in total. The van der Waals surface area contributed by atoms with Gasteiger partial charge in [0.1, 0.15) is 12.3 Å². The Bertz CT molecular complexity index is 728. The molecule has 0 bridgehead atoms. The van der Waals surface area contributed by atoms with Crippen LogP contribution in [-0.2, 0) is 16.0 Å². The predicted octanol–water partition coefficient (Wildman–Crippen LogP) is 1.48. The molecule has 1 fully saturated rings. The zero-order valence-corrected chi connectivity index (χ0v) is 19.0. The van der Waals surface area contributed by atoms with Gasteiger partial charge in [-0.15, -0.1) is 0 Å². The number of likely N-dealkylation sites (N-methyl/N-ethyl adjacent to an activating group) is 1. The first-order chi connectivity index (χ1) is 14.9. The third-order valence-electron chi connectivity index (χ3n) is 5.10. The molecule has 1 saturated heterocycles. The normalized spacial score (nSPS) is 14.7. The fourth-order valence-corrected chi connectivity index (χ4v) is 3.17. The van der Waals surface area contributed by atoms with Crippen LogP contribution in [0.2, 0.25) is 0 Å². The highest BCUT2D eigenvalue weighted by atomic mass is 16.6. The number of nitrogens with zero attached hydrogens (tertiary/aromatic N) is 3. The lowest BCUT2D eigenvalue weighted by molar-refractivity contribution is -0.127. The van der Waals surface area contributed by atoms with E-state index in [1.165, 1.54) is 10.5 Å². The average molecular weight is 434 g/mol. The summed E-state index contributed by atoms with van der Waals surface area (Å²) in [6.07, 6.45) is 2.14. The number of rotatable bonds is 8. The van der Waals surface area contributed by atoms with Crippen LogP contribution in [-0.4, -0.2) is 87.8 Å². The van der Waals surface area contributed by atoms with Crippen molar-refractivity contribution in [3.05, 3.63) is 29.8 Å². The third kappa shape index (κ3) is 8.35. The second kappa shape index (κ2) is 12.7. The third-order valence-corrected chi connectivity index (χ3v) is 5.10. The van der Waals surface area contributed by atoms with Crippen molar-refractivity contribution in [1.29, 1.82) is 0 Å². The van der Waals surface area contributed by atoms with Gasteiger partial charge in [0.2, 0.25) is 5.91 Å². The highest BCUT2D eigenvalue weighted by molar-refractivity contribution is 5.85. The molecule has 1 aromatic rings. The molecule has 1 aromatic carbocycles. The van der Waals surface area contributed by atoms with E-state index in [0.717, 1.165) is 25.0 Å². The van der Waals surface area contributed by atoms with E-state index in [2.05, 4.69) is 15.6 Å². The number of amides is 2. The van der Waals surface area contributed by atoms with Crippen molar-refractivity contribution < 1.29 is 19.1 Å². The molecule has 1 aliphatic heterocycles. The van der Waals surface area contributed by atoms with Gasteiger partial charge in [-0.1, -0.05) is 12.1 Å². The predicted molar refractivity (Wildman–Crippen MR) is 120 cm³/mol. The number of piperidine rings is 1. The minimum absolute atomic E-state index is 0.0617. The maximum absolute atomic E-state index is 12.0. The first kappa shape index (κ1) is 24.3. The van der Waals surface area contributed by atoms with E-state index in [-0.39, 0.29) is 24.6 Å². The van der Waals surface area contributed by atoms with Crippen molar-refractivity contribution in [3.8, 4) is 5.75 Å². The minimum Gasteiger partial charge on any atom is -0.497 e. The summed E-state index contributed by atoms with van der Waals surface area (Å²) in [7, 11) is 5.08. The van der Waals surface area contributed by atoms with Crippen LogP contribution < -0.4 is 15.4 Å². The number of benzene rings is 1. The van der Waals surface area contributed by atoms with Gasteiger partial charge in [-0.3, -0.25) is 4.79 Å². The molecule has 0 saturated carbocycles. The molecular formula is C22H35N5O4. The Hall–Kier alpha value is -2.97. The maximum atomic E-state index is 12.0. The van der Waals surface area contributed by atoms with E-state index in [0.29, 0.717) is 32.2 Å². The molecule has 2 N–H and O–H groups in total. The number of methoxy groups -OCH3 is 1. The molecule has 2 amide bonds. The van der Waals surface area contributed by atoms with E-state index in [4.69, 9.17) is 9.47 Å². The number of guanidine groups is 1. The van der Waals surface area contributed by atoms with Gasteiger partial charge in [0, 0.05) is 39.8 Å². The van der Waals surface area contributed by atoms with E-state index in [9.17, 15) is 9.59 Å². The first-order valence-corrected chi connectivity index (χ1v) is 10.7. The molecule has 1 aliphatic rings. The van der Waals surface area contributed by atoms with Crippen LogP contribution in [0.25, 0.3) is 0 Å². The summed E-state index contributed by atoms with van der Waals surface area (Å²) in [4.78, 5) is 31.6. The quantitative estimate of drug-likeness (QED) is 0.476. The SMILES string of the molecule is CCOC(=O)N1CCC(NC(=NCC(=O)N(C)C)NCCc2ccc(OC)cc2)CC1. The standard InChI is InChI=1S/C22H35N5O4/c1-5-31-22(29)27-14-11-18(12-15-27)25-21(24-16-20(28)26(2)3)23-13-10-17-6-8-19(30-4)9-7-17/h6-9,18H,5,10-16H2,1-4H3,(H2,23,24,25). The van der Waals surface area contributed by atoms with Crippen LogP contribution in [0, 0.1) is 0 Å². The maximum Gasteiger partial charge on any atom is 0.409 e. The lowest BCUT2D eigenvalue weighted by Gasteiger charge is -2.32. The number of aliphatic imine (C=N–C) groups is 1. The highest BCUT2D eigenvalue weighted by Crippen LogP contribution is 2.12. The number of hydrogen-bond acceptors (Lipinski definition) is 5. The van der Waals surface area contributed by atoms with Crippen LogP contribution in [0.15, 0.2) is 29.3 Å². The van der Waals surface area contributed by atoms with Gasteiger partial charge in [0.25, 0.3) is 0 Å². The number of carbonyl (C=O) groups excluding carboxylic acids is 2. The van der Waals surface area contributed by atoms with Crippen LogP contribution in [0.3, 0.4) is 0 Å². The fraction of sp³-hybridized carbons (Fsp3) is 0.591. The smallest absolute Gasteiger partial charge is 0.409 e. The molecule has 31 heavy (non-hydrogen) atoms. The monoisotopic (exact) mass is 433 g/mol. The largest absolute Gasteiger partial charge is 0.497 e. The Labute approximate surface area is 184 Å². The molecule has 1 heterocycles. The van der Waals surface area contributed by atoms with Gasteiger partial charge in [-0.2, -0.15) is 0 Å². The van der Waals surface area contributed by atoms with Gasteiger partial charge < -0.3 is 29.9 Å². The molecule has 0 aliphatic carbocycles. The molecule has 2 rings (SSSR count). The number of likely N-dealkylation sites (tertiary alicyclic amines) is 1. The number of ether oxygens (including phenoxy) is 2. The summed E-state index contributed by atoms with van der Waals surface area (Å²) in [6, 6.07) is 8.12.